The number of alkyl halides is 3. The first-order chi connectivity index (χ1) is 7.39. The van der Waals surface area contributed by atoms with Gasteiger partial charge in [0.2, 0.25) is 10.1 Å². The molecule has 2 rings (SSSR count). The largest absolute Gasteiger partial charge is 0.445 e. The molecule has 1 aromatic rings. The van der Waals surface area contributed by atoms with Gasteiger partial charge in [-0.3, -0.25) is 0 Å². The van der Waals surface area contributed by atoms with Crippen LogP contribution in [0.3, 0.4) is 0 Å². The molecule has 2 atom stereocenters. The lowest BCUT2D eigenvalue weighted by Gasteiger charge is -2.21. The van der Waals surface area contributed by atoms with Gasteiger partial charge in [0, 0.05) is 12.6 Å². The molecule has 16 heavy (non-hydrogen) atoms. The highest BCUT2D eigenvalue weighted by Crippen LogP contribution is 2.37. The van der Waals surface area contributed by atoms with Gasteiger partial charge in [0.1, 0.15) is 0 Å². The quantitative estimate of drug-likeness (QED) is 0.768. The van der Waals surface area contributed by atoms with E-state index in [0.29, 0.717) is 22.4 Å². The average Bonchev–Trinajstić information content (AvgIpc) is 2.74. The highest BCUT2D eigenvalue weighted by atomic mass is 32.1. The van der Waals surface area contributed by atoms with Crippen molar-refractivity contribution in [3.63, 3.8) is 0 Å². The van der Waals surface area contributed by atoms with E-state index < -0.39 is 11.2 Å². The number of halogens is 3. The van der Waals surface area contributed by atoms with Crippen LogP contribution >= 0.6 is 11.3 Å². The van der Waals surface area contributed by atoms with Crippen molar-refractivity contribution in [2.75, 3.05) is 11.4 Å². The van der Waals surface area contributed by atoms with E-state index in [1.165, 1.54) is 0 Å². The van der Waals surface area contributed by atoms with Crippen LogP contribution in [0.25, 0.3) is 0 Å². The number of anilines is 1. The second-order valence-electron chi connectivity index (χ2n) is 4.09. The van der Waals surface area contributed by atoms with Gasteiger partial charge in [-0.25, -0.2) is 0 Å². The van der Waals surface area contributed by atoms with Crippen molar-refractivity contribution in [2.45, 2.75) is 32.5 Å². The van der Waals surface area contributed by atoms with E-state index in [4.69, 9.17) is 0 Å². The van der Waals surface area contributed by atoms with Crippen LogP contribution in [0.5, 0.6) is 0 Å². The molecule has 2 unspecified atom stereocenters. The summed E-state index contributed by atoms with van der Waals surface area (Å²) in [6.07, 6.45) is -3.40. The number of hydrogen-bond donors (Lipinski definition) is 0. The van der Waals surface area contributed by atoms with Crippen LogP contribution < -0.4 is 4.90 Å². The molecule has 1 aliphatic heterocycles. The van der Waals surface area contributed by atoms with Crippen LogP contribution in [0.2, 0.25) is 0 Å². The molecule has 0 N–H and O–H groups in total. The minimum atomic E-state index is -4.38. The van der Waals surface area contributed by atoms with Gasteiger partial charge in [0.25, 0.3) is 0 Å². The predicted molar refractivity (Wildman–Crippen MR) is 55.5 cm³/mol. The minimum absolute atomic E-state index is 0.231. The van der Waals surface area contributed by atoms with E-state index in [-0.39, 0.29) is 6.04 Å². The fourth-order valence-corrected chi connectivity index (χ4v) is 2.64. The Morgan fingerprint density at radius 3 is 2.44 bits per heavy atom. The summed E-state index contributed by atoms with van der Waals surface area (Å²) in [6, 6.07) is 0.231. The Bertz CT molecular complexity index is 376. The third-order valence-electron chi connectivity index (χ3n) is 3.04. The lowest BCUT2D eigenvalue weighted by Crippen LogP contribution is -2.28. The molecule has 90 valence electrons. The van der Waals surface area contributed by atoms with Crippen LogP contribution in [0, 0.1) is 5.92 Å². The Kier molecular flexibility index (Phi) is 2.81. The molecule has 1 fully saturated rings. The molecular weight excluding hydrogens is 239 g/mol. The maximum atomic E-state index is 12.4. The highest BCUT2D eigenvalue weighted by molar-refractivity contribution is 7.15. The molecule has 2 heterocycles. The zero-order valence-electron chi connectivity index (χ0n) is 8.95. The summed E-state index contributed by atoms with van der Waals surface area (Å²) >= 11 is 0.622. The van der Waals surface area contributed by atoms with Crippen molar-refractivity contribution >= 4 is 16.5 Å². The SMILES string of the molecule is CC1CCN(c2nnc(C(F)(F)F)s2)C1C. The first-order valence-corrected chi connectivity index (χ1v) is 5.88. The summed E-state index contributed by atoms with van der Waals surface area (Å²) < 4.78 is 37.1. The average molecular weight is 251 g/mol. The van der Waals surface area contributed by atoms with E-state index in [1.807, 2.05) is 11.8 Å². The Hall–Kier alpha value is -0.850. The molecule has 1 saturated heterocycles. The molecule has 1 aromatic heterocycles. The normalized spacial score (nSPS) is 26.4. The standard InChI is InChI=1S/C9H12F3N3S/c1-5-3-4-15(6(5)2)8-14-13-7(16-8)9(10,11)12/h5-6H,3-4H2,1-2H3. The summed E-state index contributed by atoms with van der Waals surface area (Å²) in [4.78, 5) is 1.90. The number of aromatic nitrogens is 2. The summed E-state index contributed by atoms with van der Waals surface area (Å²) in [5, 5.41) is 6.33. The molecular formula is C9H12F3N3S. The number of nitrogens with zero attached hydrogens (tertiary/aromatic N) is 3. The van der Waals surface area contributed by atoms with Crippen molar-refractivity contribution < 1.29 is 13.2 Å². The van der Waals surface area contributed by atoms with E-state index in [0.717, 1.165) is 13.0 Å². The van der Waals surface area contributed by atoms with Gasteiger partial charge in [-0.05, 0) is 19.3 Å². The van der Waals surface area contributed by atoms with Gasteiger partial charge >= 0.3 is 6.18 Å². The zero-order valence-corrected chi connectivity index (χ0v) is 9.77. The molecule has 0 radical (unpaired) electrons. The molecule has 7 heteroatoms. The van der Waals surface area contributed by atoms with Crippen molar-refractivity contribution in [1.82, 2.24) is 10.2 Å². The monoisotopic (exact) mass is 251 g/mol. The molecule has 0 saturated carbocycles. The van der Waals surface area contributed by atoms with Crippen LogP contribution in [0.4, 0.5) is 18.3 Å². The van der Waals surface area contributed by atoms with Crippen LogP contribution in [0.1, 0.15) is 25.3 Å². The van der Waals surface area contributed by atoms with Crippen LogP contribution in [0.15, 0.2) is 0 Å². The minimum Gasteiger partial charge on any atom is -0.344 e. The highest BCUT2D eigenvalue weighted by Gasteiger charge is 2.37. The van der Waals surface area contributed by atoms with Gasteiger partial charge in [0.15, 0.2) is 0 Å². The van der Waals surface area contributed by atoms with E-state index in [1.54, 1.807) is 0 Å². The topological polar surface area (TPSA) is 29.0 Å². The van der Waals surface area contributed by atoms with Gasteiger partial charge in [-0.15, -0.1) is 10.2 Å². The Morgan fingerprint density at radius 1 is 1.31 bits per heavy atom. The van der Waals surface area contributed by atoms with Gasteiger partial charge in [0.05, 0.1) is 0 Å². The van der Waals surface area contributed by atoms with Crippen LogP contribution in [-0.4, -0.2) is 22.8 Å². The smallest absolute Gasteiger partial charge is 0.344 e. The maximum absolute atomic E-state index is 12.4. The van der Waals surface area contributed by atoms with Crippen molar-refractivity contribution in [2.24, 2.45) is 5.92 Å². The van der Waals surface area contributed by atoms with Crippen molar-refractivity contribution in [3.8, 4) is 0 Å². The Balaban J connectivity index is 2.20. The van der Waals surface area contributed by atoms with Gasteiger partial charge in [-0.1, -0.05) is 18.3 Å². The second-order valence-corrected chi connectivity index (χ2v) is 5.04. The maximum Gasteiger partial charge on any atom is 0.445 e. The fraction of sp³-hybridized carbons (Fsp3) is 0.778. The first-order valence-electron chi connectivity index (χ1n) is 5.07. The molecule has 3 nitrogen and oxygen atoms in total. The fourth-order valence-electron chi connectivity index (χ4n) is 1.81. The van der Waals surface area contributed by atoms with Gasteiger partial charge < -0.3 is 4.90 Å². The molecule has 0 aromatic carbocycles. The third kappa shape index (κ3) is 2.00. The van der Waals surface area contributed by atoms with Crippen molar-refractivity contribution in [1.29, 1.82) is 0 Å². The zero-order chi connectivity index (χ0) is 11.9. The first kappa shape index (κ1) is 11.6. The summed E-state index contributed by atoms with van der Waals surface area (Å²) in [5.74, 6) is 0.484. The molecule has 1 aliphatic rings. The second kappa shape index (κ2) is 3.87. The Morgan fingerprint density at radius 2 is 2.00 bits per heavy atom. The summed E-state index contributed by atoms with van der Waals surface area (Å²) in [6.45, 7) is 4.86. The van der Waals surface area contributed by atoms with E-state index >= 15 is 0 Å². The van der Waals surface area contributed by atoms with E-state index in [9.17, 15) is 13.2 Å². The third-order valence-corrected chi connectivity index (χ3v) is 4.05. The van der Waals surface area contributed by atoms with Gasteiger partial charge in [-0.2, -0.15) is 13.2 Å². The summed E-state index contributed by atoms with van der Waals surface area (Å²) in [5.41, 5.74) is 0. The van der Waals surface area contributed by atoms with E-state index in [2.05, 4.69) is 17.1 Å². The Labute approximate surface area is 95.3 Å². The number of rotatable bonds is 1. The molecule has 0 spiro atoms. The molecule has 0 aliphatic carbocycles. The lowest BCUT2D eigenvalue weighted by atomic mass is 10.1. The molecule has 0 bridgehead atoms. The molecule has 0 amide bonds. The predicted octanol–water partition coefficient (Wildman–Crippen LogP) is 2.79. The van der Waals surface area contributed by atoms with Crippen molar-refractivity contribution in [3.05, 3.63) is 5.01 Å². The van der Waals surface area contributed by atoms with Crippen LogP contribution in [-0.2, 0) is 6.18 Å². The lowest BCUT2D eigenvalue weighted by molar-refractivity contribution is -0.138. The number of hydrogen-bond acceptors (Lipinski definition) is 4. The summed E-state index contributed by atoms with van der Waals surface area (Å²) in [7, 11) is 0.